The minimum atomic E-state index is -0.00866. The van der Waals surface area contributed by atoms with Crippen LogP contribution >= 0.6 is 0 Å². The first-order chi connectivity index (χ1) is 10.1. The van der Waals surface area contributed by atoms with E-state index >= 15 is 0 Å². The number of aromatic nitrogens is 1. The van der Waals surface area contributed by atoms with Gasteiger partial charge in [-0.15, -0.1) is 0 Å². The molecule has 3 heteroatoms. The van der Waals surface area contributed by atoms with E-state index in [2.05, 4.69) is 31.1 Å². The topological polar surface area (TPSA) is 42.0 Å². The maximum Gasteiger partial charge on any atom is 0.252 e. The van der Waals surface area contributed by atoms with E-state index < -0.39 is 0 Å². The molecule has 2 rings (SSSR count). The van der Waals surface area contributed by atoms with Crippen LogP contribution in [0, 0.1) is 5.92 Å². The van der Waals surface area contributed by atoms with Crippen molar-refractivity contribution in [3.05, 3.63) is 42.1 Å². The molecule has 1 unspecified atom stereocenters. The SMILES string of the molecule is CC(C)CCCC(C)NC(=O)c1ccnc2ccccc12. The third-order valence-corrected chi connectivity index (χ3v) is 3.69. The summed E-state index contributed by atoms with van der Waals surface area (Å²) in [4.78, 5) is 16.7. The zero-order valence-corrected chi connectivity index (χ0v) is 13.1. The van der Waals surface area contributed by atoms with Gasteiger partial charge >= 0.3 is 0 Å². The summed E-state index contributed by atoms with van der Waals surface area (Å²) < 4.78 is 0. The molecule has 1 heterocycles. The summed E-state index contributed by atoms with van der Waals surface area (Å²) in [5.41, 5.74) is 1.56. The molecule has 0 spiro atoms. The molecule has 0 fully saturated rings. The van der Waals surface area contributed by atoms with Gasteiger partial charge in [-0.3, -0.25) is 9.78 Å². The Kier molecular flexibility index (Phi) is 5.32. The molecule has 0 radical (unpaired) electrons. The van der Waals surface area contributed by atoms with Crippen molar-refractivity contribution in [2.75, 3.05) is 0 Å². The number of fused-ring (bicyclic) bond motifs is 1. The van der Waals surface area contributed by atoms with Crippen LogP contribution in [0.15, 0.2) is 36.5 Å². The average molecular weight is 284 g/mol. The Labute approximate surface area is 126 Å². The lowest BCUT2D eigenvalue weighted by molar-refractivity contribution is 0.0939. The van der Waals surface area contributed by atoms with Crippen LogP contribution < -0.4 is 5.32 Å². The number of hydrogen-bond donors (Lipinski definition) is 1. The predicted octanol–water partition coefficient (Wildman–Crippen LogP) is 4.18. The molecule has 0 saturated carbocycles. The smallest absolute Gasteiger partial charge is 0.252 e. The van der Waals surface area contributed by atoms with E-state index in [0.717, 1.165) is 29.7 Å². The summed E-state index contributed by atoms with van der Waals surface area (Å²) in [6, 6.07) is 9.73. The molecule has 1 N–H and O–H groups in total. The number of carbonyl (C=O) groups excluding carboxylic acids is 1. The second-order valence-electron chi connectivity index (χ2n) is 6.07. The van der Waals surface area contributed by atoms with Crippen LogP contribution in [0.1, 0.15) is 50.4 Å². The van der Waals surface area contributed by atoms with Gasteiger partial charge in [0, 0.05) is 17.6 Å². The molecule has 1 aromatic carbocycles. The Morgan fingerprint density at radius 3 is 2.67 bits per heavy atom. The first-order valence-corrected chi connectivity index (χ1v) is 7.72. The van der Waals surface area contributed by atoms with Gasteiger partial charge in [-0.05, 0) is 31.4 Å². The highest BCUT2D eigenvalue weighted by Gasteiger charge is 2.12. The van der Waals surface area contributed by atoms with Crippen molar-refractivity contribution in [2.24, 2.45) is 5.92 Å². The van der Waals surface area contributed by atoms with Gasteiger partial charge in [-0.1, -0.05) is 44.9 Å². The molecule has 21 heavy (non-hydrogen) atoms. The fourth-order valence-corrected chi connectivity index (χ4v) is 2.50. The van der Waals surface area contributed by atoms with Crippen molar-refractivity contribution >= 4 is 16.8 Å². The molecule has 0 saturated heterocycles. The van der Waals surface area contributed by atoms with Gasteiger partial charge in [0.2, 0.25) is 0 Å². The first-order valence-electron chi connectivity index (χ1n) is 7.72. The summed E-state index contributed by atoms with van der Waals surface area (Å²) in [6.45, 7) is 6.53. The predicted molar refractivity (Wildman–Crippen MR) is 87.4 cm³/mol. The fourth-order valence-electron chi connectivity index (χ4n) is 2.50. The molecule has 0 bridgehead atoms. The number of rotatable bonds is 6. The van der Waals surface area contributed by atoms with Crippen LogP contribution in [-0.2, 0) is 0 Å². The zero-order valence-electron chi connectivity index (χ0n) is 13.1. The van der Waals surface area contributed by atoms with Gasteiger partial charge in [-0.25, -0.2) is 0 Å². The normalized spacial score (nSPS) is 12.6. The molecule has 112 valence electrons. The minimum absolute atomic E-state index is 0.00866. The molecule has 1 atom stereocenters. The van der Waals surface area contributed by atoms with Crippen LogP contribution in [0.3, 0.4) is 0 Å². The Hall–Kier alpha value is -1.90. The summed E-state index contributed by atoms with van der Waals surface area (Å²) in [7, 11) is 0. The maximum atomic E-state index is 12.4. The largest absolute Gasteiger partial charge is 0.350 e. The highest BCUT2D eigenvalue weighted by molar-refractivity contribution is 6.06. The highest BCUT2D eigenvalue weighted by atomic mass is 16.1. The molecule has 0 aliphatic carbocycles. The lowest BCUT2D eigenvalue weighted by Crippen LogP contribution is -2.32. The van der Waals surface area contributed by atoms with Crippen LogP contribution in [0.5, 0.6) is 0 Å². The van der Waals surface area contributed by atoms with Crippen molar-refractivity contribution in [3.63, 3.8) is 0 Å². The Morgan fingerprint density at radius 1 is 1.14 bits per heavy atom. The number of benzene rings is 1. The van der Waals surface area contributed by atoms with Gasteiger partial charge in [0.25, 0.3) is 5.91 Å². The summed E-state index contributed by atoms with van der Waals surface area (Å²) >= 11 is 0. The number of nitrogens with one attached hydrogen (secondary N) is 1. The molecular weight excluding hydrogens is 260 g/mol. The third kappa shape index (κ3) is 4.28. The second-order valence-corrected chi connectivity index (χ2v) is 6.07. The maximum absolute atomic E-state index is 12.4. The lowest BCUT2D eigenvalue weighted by Gasteiger charge is -2.15. The van der Waals surface area contributed by atoms with Gasteiger partial charge in [0.05, 0.1) is 11.1 Å². The Morgan fingerprint density at radius 2 is 1.90 bits per heavy atom. The Balaban J connectivity index is 2.02. The molecule has 0 aliphatic heterocycles. The molecule has 1 aromatic heterocycles. The second kappa shape index (κ2) is 7.21. The molecule has 1 amide bonds. The van der Waals surface area contributed by atoms with Crippen LogP contribution in [0.4, 0.5) is 0 Å². The number of para-hydroxylation sites is 1. The summed E-state index contributed by atoms with van der Waals surface area (Å²) in [5.74, 6) is 0.711. The van der Waals surface area contributed by atoms with Crippen molar-refractivity contribution in [3.8, 4) is 0 Å². The quantitative estimate of drug-likeness (QED) is 0.864. The fraction of sp³-hybridized carbons (Fsp3) is 0.444. The first kappa shape index (κ1) is 15.5. The lowest BCUT2D eigenvalue weighted by atomic mass is 10.0. The third-order valence-electron chi connectivity index (χ3n) is 3.69. The Bertz CT molecular complexity index is 602. The van der Waals surface area contributed by atoms with Crippen LogP contribution in [0.25, 0.3) is 10.9 Å². The van der Waals surface area contributed by atoms with E-state index in [-0.39, 0.29) is 11.9 Å². The standard InChI is InChI=1S/C18H24N2O/c1-13(2)7-6-8-14(3)20-18(21)16-11-12-19-17-10-5-4-9-15(16)17/h4-5,9-14H,6-8H2,1-3H3,(H,20,21). The van der Waals surface area contributed by atoms with Crippen LogP contribution in [0.2, 0.25) is 0 Å². The monoisotopic (exact) mass is 284 g/mol. The number of nitrogens with zero attached hydrogens (tertiary/aromatic N) is 1. The van der Waals surface area contributed by atoms with Gasteiger partial charge in [0.15, 0.2) is 0 Å². The summed E-state index contributed by atoms with van der Waals surface area (Å²) in [6.07, 6.45) is 5.07. The number of carbonyl (C=O) groups is 1. The molecule has 2 aromatic rings. The van der Waals surface area contributed by atoms with E-state index in [9.17, 15) is 4.79 Å². The van der Waals surface area contributed by atoms with Crippen molar-refractivity contribution in [2.45, 2.75) is 46.1 Å². The minimum Gasteiger partial charge on any atom is -0.350 e. The van der Waals surface area contributed by atoms with E-state index in [4.69, 9.17) is 0 Å². The summed E-state index contributed by atoms with van der Waals surface area (Å²) in [5, 5.41) is 4.00. The average Bonchev–Trinajstić information content (AvgIpc) is 2.46. The van der Waals surface area contributed by atoms with Crippen molar-refractivity contribution < 1.29 is 4.79 Å². The van der Waals surface area contributed by atoms with E-state index in [1.807, 2.05) is 24.3 Å². The van der Waals surface area contributed by atoms with Crippen molar-refractivity contribution in [1.29, 1.82) is 0 Å². The number of amides is 1. The number of pyridine rings is 1. The van der Waals surface area contributed by atoms with Gasteiger partial charge < -0.3 is 5.32 Å². The number of hydrogen-bond acceptors (Lipinski definition) is 2. The zero-order chi connectivity index (χ0) is 15.2. The van der Waals surface area contributed by atoms with Gasteiger partial charge in [0.1, 0.15) is 0 Å². The molecule has 3 nitrogen and oxygen atoms in total. The van der Waals surface area contributed by atoms with E-state index in [1.165, 1.54) is 6.42 Å². The van der Waals surface area contributed by atoms with Crippen LogP contribution in [-0.4, -0.2) is 16.9 Å². The van der Waals surface area contributed by atoms with Gasteiger partial charge in [-0.2, -0.15) is 0 Å². The van der Waals surface area contributed by atoms with Crippen molar-refractivity contribution in [1.82, 2.24) is 10.3 Å². The molecular formula is C18H24N2O. The van der Waals surface area contributed by atoms with E-state index in [0.29, 0.717) is 5.56 Å². The highest BCUT2D eigenvalue weighted by Crippen LogP contribution is 2.16. The van der Waals surface area contributed by atoms with E-state index in [1.54, 1.807) is 12.3 Å². The molecule has 0 aliphatic rings.